The number of carbonyl (C=O) groups is 1. The van der Waals surface area contributed by atoms with E-state index in [-0.39, 0.29) is 11.2 Å². The number of hydrogen-bond acceptors (Lipinski definition) is 4. The maximum atomic E-state index is 12.4. The van der Waals surface area contributed by atoms with Crippen molar-refractivity contribution in [3.05, 3.63) is 34.1 Å². The summed E-state index contributed by atoms with van der Waals surface area (Å²) in [7, 11) is 0. The third-order valence-electron chi connectivity index (χ3n) is 3.92. The molecule has 0 bridgehead atoms. The van der Waals surface area contributed by atoms with E-state index in [1.807, 2.05) is 6.92 Å². The van der Waals surface area contributed by atoms with Gasteiger partial charge >= 0.3 is 0 Å². The van der Waals surface area contributed by atoms with Crippen molar-refractivity contribution in [1.29, 1.82) is 0 Å². The molecule has 0 aliphatic carbocycles. The van der Waals surface area contributed by atoms with Gasteiger partial charge in [-0.05, 0) is 38.0 Å². The van der Waals surface area contributed by atoms with Crippen LogP contribution in [0.4, 0.5) is 5.69 Å². The lowest BCUT2D eigenvalue weighted by molar-refractivity contribution is -0.115. The molecular formula is C16H18Cl2N4OS. The van der Waals surface area contributed by atoms with Gasteiger partial charge in [0, 0.05) is 18.0 Å². The Labute approximate surface area is 155 Å². The van der Waals surface area contributed by atoms with Crippen LogP contribution in [0.3, 0.4) is 0 Å². The van der Waals surface area contributed by atoms with Crippen LogP contribution in [0.2, 0.25) is 10.0 Å². The van der Waals surface area contributed by atoms with Gasteiger partial charge < -0.3 is 9.88 Å². The number of aromatic nitrogens is 3. The highest BCUT2D eigenvalue weighted by Crippen LogP contribution is 2.28. The molecular weight excluding hydrogens is 367 g/mol. The van der Waals surface area contributed by atoms with Crippen LogP contribution in [0.25, 0.3) is 0 Å². The molecule has 1 amide bonds. The van der Waals surface area contributed by atoms with Gasteiger partial charge in [0.1, 0.15) is 5.82 Å². The molecule has 0 saturated carbocycles. The van der Waals surface area contributed by atoms with Gasteiger partial charge in [-0.15, -0.1) is 10.2 Å². The third-order valence-corrected chi connectivity index (χ3v) is 5.54. The number of halogens is 2. The van der Waals surface area contributed by atoms with Crippen LogP contribution in [-0.2, 0) is 17.8 Å². The molecule has 0 radical (unpaired) electrons. The fourth-order valence-corrected chi connectivity index (χ4v) is 3.93. The summed E-state index contributed by atoms with van der Waals surface area (Å²) in [5.74, 6) is 0.888. The SMILES string of the molecule is C[C@@H](Sc1nnc2n1CCCCC2)C(=O)Nc1ccc(Cl)cc1Cl. The minimum absolute atomic E-state index is 0.129. The second-order valence-electron chi connectivity index (χ2n) is 5.73. The molecule has 1 aromatic heterocycles. The van der Waals surface area contributed by atoms with Crippen molar-refractivity contribution < 1.29 is 4.79 Å². The van der Waals surface area contributed by atoms with Gasteiger partial charge in [0.2, 0.25) is 5.91 Å². The zero-order valence-electron chi connectivity index (χ0n) is 13.3. The Bertz CT molecular complexity index is 750. The number of benzene rings is 1. The molecule has 0 fully saturated rings. The average Bonchev–Trinajstić information content (AvgIpc) is 2.78. The summed E-state index contributed by atoms with van der Waals surface area (Å²) in [4.78, 5) is 12.4. The average molecular weight is 385 g/mol. The first kappa shape index (κ1) is 17.6. The van der Waals surface area contributed by atoms with E-state index in [1.54, 1.807) is 18.2 Å². The van der Waals surface area contributed by atoms with Crippen molar-refractivity contribution in [2.24, 2.45) is 0 Å². The van der Waals surface area contributed by atoms with Gasteiger partial charge in [0.05, 0.1) is 16.0 Å². The summed E-state index contributed by atoms with van der Waals surface area (Å²) in [6.07, 6.45) is 4.43. The molecule has 8 heteroatoms. The molecule has 5 nitrogen and oxygen atoms in total. The summed E-state index contributed by atoms with van der Waals surface area (Å²) >= 11 is 13.4. The maximum Gasteiger partial charge on any atom is 0.237 e. The second kappa shape index (κ2) is 7.76. The fraction of sp³-hybridized carbons (Fsp3) is 0.438. The van der Waals surface area contributed by atoms with Gasteiger partial charge in [0.25, 0.3) is 0 Å². The Morgan fingerprint density at radius 3 is 2.92 bits per heavy atom. The molecule has 0 unspecified atom stereocenters. The highest BCUT2D eigenvalue weighted by molar-refractivity contribution is 8.00. The lowest BCUT2D eigenvalue weighted by Crippen LogP contribution is -2.23. The minimum atomic E-state index is -0.312. The predicted octanol–water partition coefficient (Wildman–Crippen LogP) is 4.43. The van der Waals surface area contributed by atoms with E-state index >= 15 is 0 Å². The molecule has 0 saturated heterocycles. The third kappa shape index (κ3) is 4.05. The maximum absolute atomic E-state index is 12.4. The summed E-state index contributed by atoms with van der Waals surface area (Å²) in [6, 6.07) is 5.00. The molecule has 3 rings (SSSR count). The Morgan fingerprint density at radius 2 is 2.12 bits per heavy atom. The Morgan fingerprint density at radius 1 is 1.29 bits per heavy atom. The normalized spacial score (nSPS) is 15.5. The van der Waals surface area contributed by atoms with Gasteiger partial charge in [-0.1, -0.05) is 41.4 Å². The van der Waals surface area contributed by atoms with Crippen molar-refractivity contribution in [2.75, 3.05) is 5.32 Å². The van der Waals surface area contributed by atoms with E-state index < -0.39 is 0 Å². The Balaban J connectivity index is 1.67. The molecule has 1 aliphatic rings. The molecule has 0 spiro atoms. The van der Waals surface area contributed by atoms with Crippen LogP contribution >= 0.6 is 35.0 Å². The van der Waals surface area contributed by atoms with Crippen molar-refractivity contribution >= 4 is 46.6 Å². The van der Waals surface area contributed by atoms with Gasteiger partial charge in [0.15, 0.2) is 5.16 Å². The van der Waals surface area contributed by atoms with Crippen molar-refractivity contribution in [3.63, 3.8) is 0 Å². The second-order valence-corrected chi connectivity index (χ2v) is 7.89. The summed E-state index contributed by atoms with van der Waals surface area (Å²) in [5.41, 5.74) is 0.554. The molecule has 2 aromatic rings. The minimum Gasteiger partial charge on any atom is -0.324 e. The topological polar surface area (TPSA) is 59.8 Å². The number of nitrogens with one attached hydrogen (secondary N) is 1. The zero-order valence-corrected chi connectivity index (χ0v) is 15.6. The highest BCUT2D eigenvalue weighted by Gasteiger charge is 2.21. The number of amides is 1. The van der Waals surface area contributed by atoms with E-state index in [1.165, 1.54) is 18.2 Å². The molecule has 128 valence electrons. The Kier molecular flexibility index (Phi) is 5.69. The first-order valence-corrected chi connectivity index (χ1v) is 9.53. The zero-order chi connectivity index (χ0) is 17.1. The van der Waals surface area contributed by atoms with Crippen LogP contribution in [0.5, 0.6) is 0 Å². The number of fused-ring (bicyclic) bond motifs is 1. The Hall–Kier alpha value is -1.24. The molecule has 24 heavy (non-hydrogen) atoms. The first-order chi connectivity index (χ1) is 11.5. The van der Waals surface area contributed by atoms with Crippen LogP contribution in [0.15, 0.2) is 23.4 Å². The predicted molar refractivity (Wildman–Crippen MR) is 98.0 cm³/mol. The summed E-state index contributed by atoms with van der Waals surface area (Å²) in [6.45, 7) is 2.77. The van der Waals surface area contributed by atoms with Crippen LogP contribution < -0.4 is 5.32 Å². The molecule has 1 aliphatic heterocycles. The van der Waals surface area contributed by atoms with E-state index in [9.17, 15) is 4.79 Å². The largest absolute Gasteiger partial charge is 0.324 e. The summed E-state index contributed by atoms with van der Waals surface area (Å²) in [5, 5.41) is 12.8. The quantitative estimate of drug-likeness (QED) is 0.791. The van der Waals surface area contributed by atoms with Crippen LogP contribution in [0, 0.1) is 0 Å². The number of rotatable bonds is 4. The lowest BCUT2D eigenvalue weighted by Gasteiger charge is -2.13. The molecule has 1 atom stereocenters. The van der Waals surface area contributed by atoms with E-state index in [2.05, 4.69) is 20.1 Å². The van der Waals surface area contributed by atoms with E-state index in [4.69, 9.17) is 23.2 Å². The number of nitrogens with zero attached hydrogens (tertiary/aromatic N) is 3. The van der Waals surface area contributed by atoms with Crippen LogP contribution in [0.1, 0.15) is 32.0 Å². The van der Waals surface area contributed by atoms with Gasteiger partial charge in [-0.3, -0.25) is 4.79 Å². The smallest absolute Gasteiger partial charge is 0.237 e. The lowest BCUT2D eigenvalue weighted by atomic mass is 10.2. The van der Waals surface area contributed by atoms with Crippen molar-refractivity contribution in [2.45, 2.75) is 49.6 Å². The van der Waals surface area contributed by atoms with E-state index in [0.29, 0.717) is 15.7 Å². The number of aryl methyl sites for hydroxylation is 1. The van der Waals surface area contributed by atoms with Crippen molar-refractivity contribution in [3.8, 4) is 0 Å². The standard InChI is InChI=1S/C16H18Cl2N4OS/c1-10(15(23)19-13-7-6-11(17)9-12(13)18)24-16-21-20-14-5-3-2-4-8-22(14)16/h6-7,9-10H,2-5,8H2,1H3,(H,19,23)/t10-/m1/s1. The number of anilines is 1. The molecule has 1 aromatic carbocycles. The van der Waals surface area contributed by atoms with Gasteiger partial charge in [-0.2, -0.15) is 0 Å². The van der Waals surface area contributed by atoms with E-state index in [0.717, 1.165) is 36.8 Å². The van der Waals surface area contributed by atoms with Gasteiger partial charge in [-0.25, -0.2) is 0 Å². The highest BCUT2D eigenvalue weighted by atomic mass is 35.5. The number of hydrogen-bond donors (Lipinski definition) is 1. The summed E-state index contributed by atoms with van der Waals surface area (Å²) < 4.78 is 2.14. The first-order valence-electron chi connectivity index (χ1n) is 7.89. The fourth-order valence-electron chi connectivity index (χ4n) is 2.58. The number of carbonyl (C=O) groups excluding carboxylic acids is 1. The van der Waals surface area contributed by atoms with Crippen LogP contribution in [-0.4, -0.2) is 25.9 Å². The van der Waals surface area contributed by atoms with Crippen molar-refractivity contribution in [1.82, 2.24) is 14.8 Å². The number of thioether (sulfide) groups is 1. The monoisotopic (exact) mass is 384 g/mol. The molecule has 2 heterocycles. The molecule has 1 N–H and O–H groups in total.